The Morgan fingerprint density at radius 3 is 2.36 bits per heavy atom. The van der Waals surface area contributed by atoms with Gasteiger partial charge < -0.3 is 14.8 Å². The van der Waals surface area contributed by atoms with E-state index in [4.69, 9.17) is 4.84 Å². The van der Waals surface area contributed by atoms with Gasteiger partial charge in [-0.3, -0.25) is 0 Å². The maximum absolute atomic E-state index is 9.34. The molecule has 3 aromatic carbocycles. The van der Waals surface area contributed by atoms with E-state index in [2.05, 4.69) is 48.2 Å². The summed E-state index contributed by atoms with van der Waals surface area (Å²) in [4.78, 5) is 8.05. The molecule has 0 fully saturated rings. The molecule has 0 saturated heterocycles. The van der Waals surface area contributed by atoms with Gasteiger partial charge in [-0.05, 0) is 29.4 Å². The molecule has 0 bridgehead atoms. The van der Waals surface area contributed by atoms with E-state index in [0.717, 1.165) is 47.4 Å². The minimum atomic E-state index is 0.0292. The van der Waals surface area contributed by atoms with E-state index < -0.39 is 0 Å². The quantitative estimate of drug-likeness (QED) is 0.341. The molecule has 0 atom stereocenters. The van der Waals surface area contributed by atoms with Gasteiger partial charge in [-0.1, -0.05) is 85.7 Å². The second kappa shape index (κ2) is 10.0. The summed E-state index contributed by atoms with van der Waals surface area (Å²) >= 11 is 0. The summed E-state index contributed by atoms with van der Waals surface area (Å²) in [7, 11) is 0. The number of likely N-dealkylation sites (N-methyl/N-ethyl adjacent to an activating group) is 1. The Balaban J connectivity index is 1.95. The van der Waals surface area contributed by atoms with Crippen LogP contribution in [-0.4, -0.2) is 42.0 Å². The summed E-state index contributed by atoms with van der Waals surface area (Å²) in [5, 5.41) is 16.2. The first kappa shape index (κ1) is 20.1. The fourth-order valence-electron chi connectivity index (χ4n) is 3.28. The molecular formula is C24H28N2O2. The molecule has 0 aliphatic carbocycles. The zero-order valence-electron chi connectivity index (χ0n) is 16.6. The number of hydrogen-bond acceptors (Lipinski definition) is 4. The Bertz CT molecular complexity index is 910. The smallest absolute Gasteiger partial charge is 0.129 e. The Labute approximate surface area is 167 Å². The monoisotopic (exact) mass is 376 g/mol. The maximum atomic E-state index is 9.34. The average molecular weight is 377 g/mol. The lowest BCUT2D eigenvalue weighted by Crippen LogP contribution is -2.26. The van der Waals surface area contributed by atoms with Crippen LogP contribution >= 0.6 is 0 Å². The lowest BCUT2D eigenvalue weighted by atomic mass is 9.96. The van der Waals surface area contributed by atoms with Crippen molar-refractivity contribution in [2.75, 3.05) is 26.2 Å². The Hall–Kier alpha value is -2.69. The molecule has 0 heterocycles. The third-order valence-electron chi connectivity index (χ3n) is 5.00. The number of nitrogens with zero attached hydrogens (tertiary/aromatic N) is 2. The molecule has 3 aromatic rings. The van der Waals surface area contributed by atoms with Gasteiger partial charge in [0.2, 0.25) is 0 Å². The fourth-order valence-corrected chi connectivity index (χ4v) is 3.28. The van der Waals surface area contributed by atoms with Crippen molar-refractivity contribution in [3.8, 4) is 0 Å². The third kappa shape index (κ3) is 4.77. The molecule has 0 unspecified atom stereocenters. The molecule has 4 nitrogen and oxygen atoms in total. The number of rotatable bonds is 9. The summed E-state index contributed by atoms with van der Waals surface area (Å²) in [5.41, 5.74) is 3.69. The molecule has 0 radical (unpaired) electrons. The first-order valence-corrected chi connectivity index (χ1v) is 9.87. The molecular weight excluding hydrogens is 348 g/mol. The number of benzene rings is 3. The van der Waals surface area contributed by atoms with Crippen molar-refractivity contribution < 1.29 is 9.94 Å². The number of aliphatic hydroxyl groups excluding tert-OH is 1. The van der Waals surface area contributed by atoms with E-state index in [-0.39, 0.29) is 6.61 Å². The molecule has 0 aliphatic rings. The van der Waals surface area contributed by atoms with Crippen LogP contribution in [0.4, 0.5) is 0 Å². The zero-order chi connectivity index (χ0) is 19.8. The van der Waals surface area contributed by atoms with Crippen LogP contribution in [0.1, 0.15) is 30.5 Å². The predicted molar refractivity (Wildman–Crippen MR) is 116 cm³/mol. The molecule has 0 spiro atoms. The highest BCUT2D eigenvalue weighted by atomic mass is 16.6. The third-order valence-corrected chi connectivity index (χ3v) is 5.00. The van der Waals surface area contributed by atoms with Gasteiger partial charge in [-0.25, -0.2) is 0 Å². The van der Waals surface area contributed by atoms with Crippen LogP contribution in [0.3, 0.4) is 0 Å². The van der Waals surface area contributed by atoms with Crippen molar-refractivity contribution in [2.24, 2.45) is 5.16 Å². The molecule has 0 aromatic heterocycles. The number of aliphatic hydroxyl groups is 1. The summed E-state index contributed by atoms with van der Waals surface area (Å²) < 4.78 is 0. The highest BCUT2D eigenvalue weighted by Gasteiger charge is 2.12. The molecule has 0 aliphatic heterocycles. The van der Waals surface area contributed by atoms with E-state index in [9.17, 15) is 5.11 Å². The zero-order valence-corrected chi connectivity index (χ0v) is 16.6. The highest BCUT2D eigenvalue weighted by molar-refractivity contribution is 6.19. The van der Waals surface area contributed by atoms with Crippen molar-refractivity contribution in [1.29, 1.82) is 0 Å². The Morgan fingerprint density at radius 1 is 0.929 bits per heavy atom. The van der Waals surface area contributed by atoms with Gasteiger partial charge in [0.1, 0.15) is 12.3 Å². The maximum Gasteiger partial charge on any atom is 0.129 e. The van der Waals surface area contributed by atoms with Gasteiger partial charge in [-0.2, -0.15) is 0 Å². The largest absolute Gasteiger partial charge is 0.394 e. The van der Waals surface area contributed by atoms with E-state index in [1.165, 1.54) is 5.39 Å². The minimum Gasteiger partial charge on any atom is -0.394 e. The molecule has 146 valence electrons. The Morgan fingerprint density at radius 2 is 1.64 bits per heavy atom. The molecule has 4 heteroatoms. The lowest BCUT2D eigenvalue weighted by molar-refractivity contribution is 0.114. The van der Waals surface area contributed by atoms with Gasteiger partial charge in [0.15, 0.2) is 0 Å². The van der Waals surface area contributed by atoms with Gasteiger partial charge in [0.05, 0.1) is 6.61 Å². The summed E-state index contributed by atoms with van der Waals surface area (Å²) in [6.45, 7) is 7.73. The van der Waals surface area contributed by atoms with Crippen molar-refractivity contribution in [2.45, 2.75) is 20.5 Å². The van der Waals surface area contributed by atoms with Crippen LogP contribution in [0.2, 0.25) is 0 Å². The fraction of sp³-hybridized carbons (Fsp3) is 0.292. The van der Waals surface area contributed by atoms with E-state index >= 15 is 0 Å². The van der Waals surface area contributed by atoms with Gasteiger partial charge >= 0.3 is 0 Å². The van der Waals surface area contributed by atoms with Crippen LogP contribution in [0, 0.1) is 0 Å². The lowest BCUT2D eigenvalue weighted by Gasteiger charge is -2.17. The van der Waals surface area contributed by atoms with E-state index in [1.54, 1.807) is 0 Å². The van der Waals surface area contributed by atoms with Crippen molar-refractivity contribution in [3.05, 3.63) is 83.4 Å². The molecule has 28 heavy (non-hydrogen) atoms. The van der Waals surface area contributed by atoms with Gasteiger partial charge in [0, 0.05) is 17.7 Å². The van der Waals surface area contributed by atoms with Crippen LogP contribution in [0.5, 0.6) is 0 Å². The second-order valence-corrected chi connectivity index (χ2v) is 6.68. The first-order chi connectivity index (χ1) is 13.8. The molecule has 3 rings (SSSR count). The van der Waals surface area contributed by atoms with E-state index in [0.29, 0.717) is 6.61 Å². The molecule has 0 saturated carbocycles. The average Bonchev–Trinajstić information content (AvgIpc) is 2.76. The van der Waals surface area contributed by atoms with E-state index in [1.807, 2.05) is 42.5 Å². The van der Waals surface area contributed by atoms with Crippen molar-refractivity contribution in [1.82, 2.24) is 4.90 Å². The van der Waals surface area contributed by atoms with Crippen LogP contribution in [-0.2, 0) is 11.4 Å². The molecule has 1 N–H and O–H groups in total. The summed E-state index contributed by atoms with van der Waals surface area (Å²) in [6.07, 6.45) is 0. The number of hydrogen-bond donors (Lipinski definition) is 1. The summed E-state index contributed by atoms with van der Waals surface area (Å²) in [6, 6.07) is 22.3. The van der Waals surface area contributed by atoms with Gasteiger partial charge in [0.25, 0.3) is 0 Å². The van der Waals surface area contributed by atoms with Crippen LogP contribution in [0.25, 0.3) is 10.8 Å². The number of oxime groups is 1. The Kier molecular flexibility index (Phi) is 7.18. The van der Waals surface area contributed by atoms with Crippen molar-refractivity contribution in [3.63, 3.8) is 0 Å². The molecule has 0 amide bonds. The second-order valence-electron chi connectivity index (χ2n) is 6.68. The topological polar surface area (TPSA) is 45.1 Å². The normalized spacial score (nSPS) is 11.9. The van der Waals surface area contributed by atoms with Gasteiger partial charge in [-0.15, -0.1) is 0 Å². The first-order valence-electron chi connectivity index (χ1n) is 9.87. The highest BCUT2D eigenvalue weighted by Crippen LogP contribution is 2.22. The minimum absolute atomic E-state index is 0.0292. The van der Waals surface area contributed by atoms with Crippen LogP contribution < -0.4 is 0 Å². The van der Waals surface area contributed by atoms with Crippen LogP contribution in [0.15, 0.2) is 71.9 Å². The number of fused-ring (bicyclic) bond motifs is 1. The predicted octanol–water partition coefficient (Wildman–Crippen LogP) is 4.44. The SMILES string of the molecule is CCN(CC)CCO/N=C(/c1ccc(CO)cc1)c1cccc2ccccc12. The van der Waals surface area contributed by atoms with Crippen molar-refractivity contribution >= 4 is 16.5 Å². The standard InChI is InChI=1S/C24H28N2O2/c1-3-26(4-2)16-17-28-25-24(21-14-12-19(18-27)13-15-21)23-11-7-9-20-8-5-6-10-22(20)23/h5-15,27H,3-4,16-18H2,1-2H3/b25-24-. The summed E-state index contributed by atoms with van der Waals surface area (Å²) in [5.74, 6) is 0.